The molecule has 1 atom stereocenters. The van der Waals surface area contributed by atoms with E-state index in [4.69, 9.17) is 10.8 Å². The SMILES string of the molecule is CCC(CSC)N(C)c1cc(NN)nc(C2CC2)n1. The number of nitrogens with two attached hydrogens (primary N) is 1. The van der Waals surface area contributed by atoms with E-state index in [0.29, 0.717) is 17.8 Å². The van der Waals surface area contributed by atoms with Crippen LogP contribution in [0.4, 0.5) is 11.6 Å². The molecular weight excluding hydrogens is 258 g/mol. The highest BCUT2D eigenvalue weighted by Gasteiger charge is 2.28. The van der Waals surface area contributed by atoms with Gasteiger partial charge >= 0.3 is 0 Å². The van der Waals surface area contributed by atoms with E-state index in [0.717, 1.165) is 23.8 Å². The summed E-state index contributed by atoms with van der Waals surface area (Å²) in [7, 11) is 2.10. The molecule has 106 valence electrons. The van der Waals surface area contributed by atoms with Gasteiger partial charge in [-0.1, -0.05) is 6.92 Å². The summed E-state index contributed by atoms with van der Waals surface area (Å²) in [5.41, 5.74) is 2.65. The lowest BCUT2D eigenvalue weighted by molar-refractivity contribution is 0.662. The fraction of sp³-hybridized carbons (Fsp3) is 0.692. The lowest BCUT2D eigenvalue weighted by atomic mass is 10.2. The van der Waals surface area contributed by atoms with Crippen LogP contribution in [0.5, 0.6) is 0 Å². The Morgan fingerprint density at radius 3 is 2.79 bits per heavy atom. The molecule has 0 bridgehead atoms. The van der Waals surface area contributed by atoms with Crippen molar-refractivity contribution in [3.05, 3.63) is 11.9 Å². The second-order valence-electron chi connectivity index (χ2n) is 5.02. The molecule has 5 nitrogen and oxygen atoms in total. The normalized spacial score (nSPS) is 16.2. The van der Waals surface area contributed by atoms with E-state index in [9.17, 15) is 0 Å². The van der Waals surface area contributed by atoms with Gasteiger partial charge in [0.1, 0.15) is 17.5 Å². The van der Waals surface area contributed by atoms with Crippen LogP contribution < -0.4 is 16.2 Å². The number of nitrogen functional groups attached to an aromatic ring is 1. The van der Waals surface area contributed by atoms with E-state index in [1.165, 1.54) is 12.8 Å². The number of aromatic nitrogens is 2. The molecule has 0 aromatic carbocycles. The number of hydrazine groups is 1. The molecule has 1 aromatic rings. The van der Waals surface area contributed by atoms with Crippen molar-refractivity contribution in [2.75, 3.05) is 29.4 Å². The quantitative estimate of drug-likeness (QED) is 0.590. The average molecular weight is 281 g/mol. The van der Waals surface area contributed by atoms with Crippen LogP contribution in [0.3, 0.4) is 0 Å². The number of hydrogen-bond acceptors (Lipinski definition) is 6. The van der Waals surface area contributed by atoms with Gasteiger partial charge in [-0.2, -0.15) is 11.8 Å². The van der Waals surface area contributed by atoms with E-state index < -0.39 is 0 Å². The fourth-order valence-corrected chi connectivity index (χ4v) is 2.96. The van der Waals surface area contributed by atoms with Crippen LogP contribution in [0, 0.1) is 0 Å². The van der Waals surface area contributed by atoms with Crippen molar-refractivity contribution >= 4 is 23.4 Å². The third-order valence-electron chi connectivity index (χ3n) is 3.56. The number of nitrogens with zero attached hydrogens (tertiary/aromatic N) is 3. The molecule has 0 amide bonds. The van der Waals surface area contributed by atoms with Gasteiger partial charge in [-0.25, -0.2) is 15.8 Å². The summed E-state index contributed by atoms with van der Waals surface area (Å²) in [6, 6.07) is 2.41. The van der Waals surface area contributed by atoms with E-state index >= 15 is 0 Å². The first kappa shape index (κ1) is 14.4. The molecule has 3 N–H and O–H groups in total. The molecule has 1 fully saturated rings. The van der Waals surface area contributed by atoms with Crippen LogP contribution >= 0.6 is 11.8 Å². The first-order valence-corrected chi connectivity index (χ1v) is 8.16. The molecule has 1 aromatic heterocycles. The predicted octanol–water partition coefficient (Wildman–Crippen LogP) is 2.22. The van der Waals surface area contributed by atoms with Gasteiger partial charge < -0.3 is 10.3 Å². The minimum absolute atomic E-state index is 0.488. The summed E-state index contributed by atoms with van der Waals surface area (Å²) in [6.45, 7) is 2.21. The molecule has 1 aliphatic carbocycles. The molecule has 19 heavy (non-hydrogen) atoms. The molecule has 1 unspecified atom stereocenters. The zero-order chi connectivity index (χ0) is 13.8. The van der Waals surface area contributed by atoms with Gasteiger partial charge in [0.15, 0.2) is 0 Å². The Hall–Kier alpha value is -1.01. The Morgan fingerprint density at radius 1 is 1.53 bits per heavy atom. The number of hydrogen-bond donors (Lipinski definition) is 2. The van der Waals surface area contributed by atoms with E-state index in [2.05, 4.69) is 35.5 Å². The topological polar surface area (TPSA) is 67.1 Å². The number of rotatable bonds is 7. The molecule has 6 heteroatoms. The smallest absolute Gasteiger partial charge is 0.145 e. The molecule has 1 heterocycles. The Morgan fingerprint density at radius 2 is 2.26 bits per heavy atom. The van der Waals surface area contributed by atoms with E-state index in [-0.39, 0.29) is 0 Å². The lowest BCUT2D eigenvalue weighted by Crippen LogP contribution is -2.34. The Bertz CT molecular complexity index is 421. The van der Waals surface area contributed by atoms with Gasteiger partial charge in [0.2, 0.25) is 0 Å². The van der Waals surface area contributed by atoms with Crippen molar-refractivity contribution in [1.82, 2.24) is 9.97 Å². The second-order valence-corrected chi connectivity index (χ2v) is 5.93. The molecule has 0 spiro atoms. The van der Waals surface area contributed by atoms with E-state index in [1.807, 2.05) is 17.8 Å². The molecular formula is C13H23N5S. The summed E-state index contributed by atoms with van der Waals surface area (Å²) >= 11 is 1.86. The van der Waals surface area contributed by atoms with Gasteiger partial charge in [0.05, 0.1) is 0 Å². The first-order chi connectivity index (χ1) is 9.19. The highest BCUT2D eigenvalue weighted by atomic mass is 32.2. The number of anilines is 2. The molecule has 2 rings (SSSR count). The number of nitrogens with one attached hydrogen (secondary N) is 1. The zero-order valence-corrected chi connectivity index (χ0v) is 12.7. The first-order valence-electron chi connectivity index (χ1n) is 6.77. The minimum atomic E-state index is 0.488. The van der Waals surface area contributed by atoms with Crippen LogP contribution in [0.25, 0.3) is 0 Å². The Kier molecular flexibility index (Phi) is 4.87. The molecule has 0 radical (unpaired) electrons. The predicted molar refractivity (Wildman–Crippen MR) is 82.7 cm³/mol. The maximum Gasteiger partial charge on any atom is 0.145 e. The van der Waals surface area contributed by atoms with Crippen molar-refractivity contribution in [2.24, 2.45) is 5.84 Å². The maximum atomic E-state index is 5.51. The van der Waals surface area contributed by atoms with Gasteiger partial charge in [-0.3, -0.25) is 0 Å². The summed E-state index contributed by atoms with van der Waals surface area (Å²) in [5.74, 6) is 9.74. The third kappa shape index (κ3) is 3.51. The third-order valence-corrected chi connectivity index (χ3v) is 4.28. The highest BCUT2D eigenvalue weighted by Crippen LogP contribution is 2.39. The molecule has 1 saturated carbocycles. The summed E-state index contributed by atoms with van der Waals surface area (Å²) in [4.78, 5) is 11.4. The Labute approximate surface area is 119 Å². The van der Waals surface area contributed by atoms with Gasteiger partial charge in [-0.05, 0) is 25.5 Å². The average Bonchev–Trinajstić information content (AvgIpc) is 3.28. The second kappa shape index (κ2) is 6.43. The molecule has 0 aliphatic heterocycles. The van der Waals surface area contributed by atoms with Crippen LogP contribution in [-0.2, 0) is 0 Å². The van der Waals surface area contributed by atoms with Crippen molar-refractivity contribution in [3.8, 4) is 0 Å². The largest absolute Gasteiger partial charge is 0.356 e. The summed E-state index contributed by atoms with van der Waals surface area (Å²) in [6.07, 6.45) is 5.63. The number of thioether (sulfide) groups is 1. The van der Waals surface area contributed by atoms with Crippen LogP contribution in [0.2, 0.25) is 0 Å². The summed E-state index contributed by atoms with van der Waals surface area (Å²) < 4.78 is 0. The highest BCUT2D eigenvalue weighted by molar-refractivity contribution is 7.98. The van der Waals surface area contributed by atoms with E-state index in [1.54, 1.807) is 0 Å². The van der Waals surface area contributed by atoms with Crippen LogP contribution in [0.1, 0.15) is 37.9 Å². The maximum absolute atomic E-state index is 5.51. The van der Waals surface area contributed by atoms with Crippen molar-refractivity contribution in [1.29, 1.82) is 0 Å². The van der Waals surface area contributed by atoms with Gasteiger partial charge in [-0.15, -0.1) is 0 Å². The zero-order valence-electron chi connectivity index (χ0n) is 11.9. The minimum Gasteiger partial charge on any atom is -0.356 e. The lowest BCUT2D eigenvalue weighted by Gasteiger charge is -2.28. The van der Waals surface area contributed by atoms with Gasteiger partial charge in [0.25, 0.3) is 0 Å². The fourth-order valence-electron chi connectivity index (χ4n) is 2.11. The van der Waals surface area contributed by atoms with Crippen molar-refractivity contribution in [3.63, 3.8) is 0 Å². The van der Waals surface area contributed by atoms with Crippen LogP contribution in [0.15, 0.2) is 6.07 Å². The monoisotopic (exact) mass is 281 g/mol. The molecule has 0 saturated heterocycles. The standard InChI is InChI=1S/C13H23N5S/c1-4-10(8-19-3)18(2)12-7-11(17-14)15-13(16-12)9-5-6-9/h7,9-10H,4-6,8,14H2,1-3H3,(H,15,16,17). The van der Waals surface area contributed by atoms with Crippen LogP contribution in [-0.4, -0.2) is 35.1 Å². The Balaban J connectivity index is 2.23. The van der Waals surface area contributed by atoms with Crippen molar-refractivity contribution in [2.45, 2.75) is 38.1 Å². The molecule has 1 aliphatic rings. The summed E-state index contributed by atoms with van der Waals surface area (Å²) in [5, 5.41) is 0. The van der Waals surface area contributed by atoms with Crippen molar-refractivity contribution < 1.29 is 0 Å². The van der Waals surface area contributed by atoms with Gasteiger partial charge in [0, 0.05) is 30.8 Å².